The van der Waals surface area contributed by atoms with Gasteiger partial charge in [0, 0.05) is 26.6 Å². The molecule has 1 aromatic carbocycles. The van der Waals surface area contributed by atoms with Crippen LogP contribution in [0.5, 0.6) is 5.75 Å². The van der Waals surface area contributed by atoms with Crippen LogP contribution in [0, 0.1) is 5.92 Å². The molecule has 7 nitrogen and oxygen atoms in total. The second-order valence-electron chi connectivity index (χ2n) is 7.11. The van der Waals surface area contributed by atoms with Crippen LogP contribution in [0.4, 0.5) is 0 Å². The summed E-state index contributed by atoms with van der Waals surface area (Å²) >= 11 is 0. The molecule has 2 unspecified atom stereocenters. The maximum Gasteiger partial charge on any atom is 0.308 e. The smallest absolute Gasteiger partial charge is 0.308 e. The Kier molecular flexibility index (Phi) is 7.21. The minimum Gasteiger partial charge on any atom is -0.496 e. The SMILES string of the molecule is COc1ccccc1C(C)CC(=O)N(C)CC(=O)N1CCCC(C(=O)O)C1. The molecule has 1 saturated heterocycles. The number of carbonyl (C=O) groups is 3. The number of hydrogen-bond acceptors (Lipinski definition) is 4. The fraction of sp³-hybridized carbons (Fsp3) is 0.550. The number of hydrogen-bond donors (Lipinski definition) is 1. The Balaban J connectivity index is 1.91. The molecule has 1 heterocycles. The molecule has 0 aromatic heterocycles. The van der Waals surface area contributed by atoms with E-state index in [0.717, 1.165) is 11.3 Å². The van der Waals surface area contributed by atoms with Gasteiger partial charge in [-0.3, -0.25) is 14.4 Å². The molecule has 148 valence electrons. The third kappa shape index (κ3) is 5.45. The van der Waals surface area contributed by atoms with Gasteiger partial charge >= 0.3 is 5.97 Å². The zero-order valence-corrected chi connectivity index (χ0v) is 16.2. The number of methoxy groups -OCH3 is 1. The van der Waals surface area contributed by atoms with Crippen LogP contribution >= 0.6 is 0 Å². The maximum atomic E-state index is 12.5. The van der Waals surface area contributed by atoms with E-state index in [1.807, 2.05) is 31.2 Å². The highest BCUT2D eigenvalue weighted by atomic mass is 16.5. The highest BCUT2D eigenvalue weighted by Gasteiger charge is 2.29. The lowest BCUT2D eigenvalue weighted by molar-refractivity contribution is -0.147. The van der Waals surface area contributed by atoms with Crippen molar-refractivity contribution in [1.29, 1.82) is 0 Å². The quantitative estimate of drug-likeness (QED) is 0.786. The lowest BCUT2D eigenvalue weighted by Crippen LogP contribution is -2.47. The lowest BCUT2D eigenvalue weighted by atomic mass is 9.96. The largest absolute Gasteiger partial charge is 0.496 e. The predicted molar refractivity (Wildman–Crippen MR) is 101 cm³/mol. The standard InChI is InChI=1S/C20H28N2O5/c1-14(16-8-4-5-9-17(16)27-3)11-18(23)21(2)13-19(24)22-10-6-7-15(12-22)20(25)26/h4-5,8-9,14-15H,6-7,10-13H2,1-3H3,(H,25,26). The molecule has 2 rings (SSSR count). The van der Waals surface area contributed by atoms with Gasteiger partial charge in [0.2, 0.25) is 11.8 Å². The molecule has 0 bridgehead atoms. The van der Waals surface area contributed by atoms with Crippen molar-refractivity contribution < 1.29 is 24.2 Å². The molecular weight excluding hydrogens is 348 g/mol. The van der Waals surface area contributed by atoms with E-state index < -0.39 is 11.9 Å². The molecule has 1 fully saturated rings. The Morgan fingerprint density at radius 1 is 1.33 bits per heavy atom. The van der Waals surface area contributed by atoms with E-state index in [1.165, 1.54) is 4.90 Å². The molecule has 0 saturated carbocycles. The molecule has 1 aliphatic rings. The Labute approximate surface area is 159 Å². The van der Waals surface area contributed by atoms with Crippen LogP contribution in [0.15, 0.2) is 24.3 Å². The zero-order valence-electron chi connectivity index (χ0n) is 16.2. The number of aliphatic carboxylic acids is 1. The average molecular weight is 376 g/mol. The van der Waals surface area contributed by atoms with Crippen LogP contribution in [0.1, 0.15) is 37.7 Å². The van der Waals surface area contributed by atoms with Gasteiger partial charge in [0.1, 0.15) is 5.75 Å². The third-order valence-electron chi connectivity index (χ3n) is 5.07. The summed E-state index contributed by atoms with van der Waals surface area (Å²) in [4.78, 5) is 39.1. The summed E-state index contributed by atoms with van der Waals surface area (Å²) in [5, 5.41) is 9.15. The third-order valence-corrected chi connectivity index (χ3v) is 5.07. The van der Waals surface area contributed by atoms with E-state index in [2.05, 4.69) is 0 Å². The van der Waals surface area contributed by atoms with Crippen LogP contribution in [0.3, 0.4) is 0 Å². The normalized spacial score (nSPS) is 17.9. The fourth-order valence-corrected chi connectivity index (χ4v) is 3.40. The lowest BCUT2D eigenvalue weighted by Gasteiger charge is -2.32. The summed E-state index contributed by atoms with van der Waals surface area (Å²) in [6, 6.07) is 7.58. The van der Waals surface area contributed by atoms with E-state index in [9.17, 15) is 14.4 Å². The number of carbonyl (C=O) groups excluding carboxylic acids is 2. The van der Waals surface area contributed by atoms with E-state index in [4.69, 9.17) is 9.84 Å². The summed E-state index contributed by atoms with van der Waals surface area (Å²) in [5.74, 6) is -1.03. The van der Waals surface area contributed by atoms with Gasteiger partial charge in [-0.25, -0.2) is 0 Å². The summed E-state index contributed by atoms with van der Waals surface area (Å²) in [6.07, 6.45) is 1.53. The molecule has 1 N–H and O–H groups in total. The first-order chi connectivity index (χ1) is 12.8. The Morgan fingerprint density at radius 2 is 2.04 bits per heavy atom. The van der Waals surface area contributed by atoms with Gasteiger partial charge in [-0.15, -0.1) is 0 Å². The van der Waals surface area contributed by atoms with E-state index in [0.29, 0.717) is 19.4 Å². The number of nitrogens with zero attached hydrogens (tertiary/aromatic N) is 2. The van der Waals surface area contributed by atoms with E-state index in [-0.39, 0.29) is 37.2 Å². The Morgan fingerprint density at radius 3 is 2.70 bits per heavy atom. The molecule has 1 aromatic rings. The van der Waals surface area contributed by atoms with Crippen LogP contribution in [-0.2, 0) is 14.4 Å². The number of likely N-dealkylation sites (N-methyl/N-ethyl adjacent to an activating group) is 1. The summed E-state index contributed by atoms with van der Waals surface area (Å²) in [6.45, 7) is 2.67. The predicted octanol–water partition coefficient (Wildman–Crippen LogP) is 1.97. The molecule has 0 radical (unpaired) electrons. The minimum absolute atomic E-state index is 0.0379. The second kappa shape index (κ2) is 9.39. The second-order valence-corrected chi connectivity index (χ2v) is 7.11. The summed E-state index contributed by atoms with van der Waals surface area (Å²) in [5.41, 5.74) is 0.952. The van der Waals surface area contributed by atoms with E-state index >= 15 is 0 Å². The number of carboxylic acids is 1. The van der Waals surface area contributed by atoms with Crippen LogP contribution in [0.2, 0.25) is 0 Å². The molecule has 1 aliphatic heterocycles. The van der Waals surface area contributed by atoms with Gasteiger partial charge in [-0.2, -0.15) is 0 Å². The monoisotopic (exact) mass is 376 g/mol. The number of para-hydroxylation sites is 1. The van der Waals surface area contributed by atoms with Crippen molar-refractivity contribution in [3.63, 3.8) is 0 Å². The molecule has 2 atom stereocenters. The topological polar surface area (TPSA) is 87.2 Å². The van der Waals surface area contributed by atoms with Gasteiger partial charge < -0.3 is 19.6 Å². The van der Waals surface area contributed by atoms with E-state index in [1.54, 1.807) is 19.1 Å². The summed E-state index contributed by atoms with van der Waals surface area (Å²) < 4.78 is 5.35. The van der Waals surface area contributed by atoms with Gasteiger partial charge in [0.05, 0.1) is 19.6 Å². The van der Waals surface area contributed by atoms with Crippen molar-refractivity contribution in [2.75, 3.05) is 33.8 Å². The van der Waals surface area contributed by atoms with Gasteiger partial charge in [-0.1, -0.05) is 25.1 Å². The number of carboxylic acid groups (broad SMARTS) is 1. The fourth-order valence-electron chi connectivity index (χ4n) is 3.40. The highest BCUT2D eigenvalue weighted by Crippen LogP contribution is 2.28. The van der Waals surface area contributed by atoms with Crippen molar-refractivity contribution in [2.24, 2.45) is 5.92 Å². The molecule has 0 spiro atoms. The Hall–Kier alpha value is -2.57. The molecule has 2 amide bonds. The minimum atomic E-state index is -0.873. The average Bonchev–Trinajstić information content (AvgIpc) is 2.67. The number of benzene rings is 1. The maximum absolute atomic E-state index is 12.5. The van der Waals surface area contributed by atoms with Crippen LogP contribution < -0.4 is 4.74 Å². The van der Waals surface area contributed by atoms with Crippen molar-refractivity contribution in [3.05, 3.63) is 29.8 Å². The summed E-state index contributed by atoms with van der Waals surface area (Å²) in [7, 11) is 3.20. The van der Waals surface area contributed by atoms with Crippen molar-refractivity contribution in [2.45, 2.75) is 32.1 Å². The first-order valence-electron chi connectivity index (χ1n) is 9.21. The number of amides is 2. The van der Waals surface area contributed by atoms with Crippen LogP contribution in [-0.4, -0.2) is 66.5 Å². The molecule has 0 aliphatic carbocycles. The zero-order chi connectivity index (χ0) is 20.0. The van der Waals surface area contributed by atoms with Crippen molar-refractivity contribution >= 4 is 17.8 Å². The molecule has 27 heavy (non-hydrogen) atoms. The highest BCUT2D eigenvalue weighted by molar-refractivity contribution is 5.85. The number of ether oxygens (including phenoxy) is 1. The number of rotatable bonds is 7. The van der Waals surface area contributed by atoms with Gasteiger partial charge in [0.25, 0.3) is 0 Å². The van der Waals surface area contributed by atoms with Crippen LogP contribution in [0.25, 0.3) is 0 Å². The van der Waals surface area contributed by atoms with Crippen molar-refractivity contribution in [3.8, 4) is 5.75 Å². The number of likely N-dealkylation sites (tertiary alicyclic amines) is 1. The van der Waals surface area contributed by atoms with Gasteiger partial charge in [0.15, 0.2) is 0 Å². The molecular formula is C20H28N2O5. The van der Waals surface area contributed by atoms with Gasteiger partial charge in [-0.05, 0) is 30.4 Å². The first kappa shape index (κ1) is 20.7. The first-order valence-corrected chi connectivity index (χ1v) is 9.21. The number of piperidine rings is 1. The molecule has 7 heteroatoms. The van der Waals surface area contributed by atoms with Crippen molar-refractivity contribution in [1.82, 2.24) is 9.80 Å². The Bertz CT molecular complexity index is 691.